The van der Waals surface area contributed by atoms with E-state index in [1.807, 2.05) is 30.3 Å². The van der Waals surface area contributed by atoms with E-state index in [0.29, 0.717) is 11.1 Å². The summed E-state index contributed by atoms with van der Waals surface area (Å²) in [6, 6.07) is 9.12. The third-order valence-electron chi connectivity index (χ3n) is 3.70. The lowest BCUT2D eigenvalue weighted by molar-refractivity contribution is -0.117. The normalized spacial score (nSPS) is 14.5. The Kier molecular flexibility index (Phi) is 5.47. The largest absolute Gasteiger partial charge is 0.411 e. The van der Waals surface area contributed by atoms with Gasteiger partial charge >= 0.3 is 6.03 Å². The number of carbonyl (C=O) groups is 2. The van der Waals surface area contributed by atoms with Crippen LogP contribution in [0.25, 0.3) is 11.5 Å². The SMILES string of the molecule is O=C(CSc1nnc(-c2ccccc2)o1)NC(=O)NC1CCCC1. The first-order chi connectivity index (χ1) is 11.7. The molecule has 2 aromatic rings. The monoisotopic (exact) mass is 346 g/mol. The second-order valence-corrected chi connectivity index (χ2v) is 6.46. The zero-order valence-corrected chi connectivity index (χ0v) is 13.8. The van der Waals surface area contributed by atoms with Gasteiger partial charge in [-0.3, -0.25) is 10.1 Å². The summed E-state index contributed by atoms with van der Waals surface area (Å²) < 4.78 is 5.49. The molecule has 8 heteroatoms. The number of nitrogens with zero attached hydrogens (tertiary/aromatic N) is 2. The molecule has 126 valence electrons. The molecule has 1 aliphatic carbocycles. The first-order valence-corrected chi connectivity index (χ1v) is 8.81. The number of hydrogen-bond donors (Lipinski definition) is 2. The summed E-state index contributed by atoms with van der Waals surface area (Å²) in [5, 5.41) is 13.2. The molecule has 0 spiro atoms. The fourth-order valence-corrected chi connectivity index (χ4v) is 3.11. The minimum atomic E-state index is -0.442. The van der Waals surface area contributed by atoms with Crippen molar-refractivity contribution in [1.82, 2.24) is 20.8 Å². The molecule has 0 unspecified atom stereocenters. The van der Waals surface area contributed by atoms with E-state index in [1.54, 1.807) is 0 Å². The molecule has 0 aliphatic heterocycles. The maximum Gasteiger partial charge on any atom is 0.321 e. The summed E-state index contributed by atoms with van der Waals surface area (Å²) in [6.45, 7) is 0. The van der Waals surface area contributed by atoms with Gasteiger partial charge in [0.1, 0.15) is 0 Å². The van der Waals surface area contributed by atoms with Crippen LogP contribution >= 0.6 is 11.8 Å². The van der Waals surface area contributed by atoms with E-state index in [2.05, 4.69) is 20.8 Å². The minimum Gasteiger partial charge on any atom is -0.411 e. The zero-order valence-electron chi connectivity index (χ0n) is 13.0. The molecular weight excluding hydrogens is 328 g/mol. The fraction of sp³-hybridized carbons (Fsp3) is 0.375. The number of imide groups is 1. The highest BCUT2D eigenvalue weighted by Gasteiger charge is 2.18. The van der Waals surface area contributed by atoms with Gasteiger partial charge in [0.05, 0.1) is 5.75 Å². The average Bonchev–Trinajstić information content (AvgIpc) is 3.25. The molecule has 0 atom stereocenters. The van der Waals surface area contributed by atoms with E-state index in [9.17, 15) is 9.59 Å². The number of amides is 3. The van der Waals surface area contributed by atoms with Gasteiger partial charge in [-0.25, -0.2) is 4.79 Å². The Labute approximate surface area is 143 Å². The molecule has 1 saturated carbocycles. The molecule has 1 aliphatic rings. The molecule has 0 saturated heterocycles. The highest BCUT2D eigenvalue weighted by atomic mass is 32.2. The molecule has 2 N–H and O–H groups in total. The molecule has 3 rings (SSSR count). The van der Waals surface area contributed by atoms with Gasteiger partial charge in [0.25, 0.3) is 5.22 Å². The smallest absolute Gasteiger partial charge is 0.321 e. The number of benzene rings is 1. The third-order valence-corrected chi connectivity index (χ3v) is 4.52. The summed E-state index contributed by atoms with van der Waals surface area (Å²) in [5.41, 5.74) is 0.817. The van der Waals surface area contributed by atoms with Crippen molar-refractivity contribution in [1.29, 1.82) is 0 Å². The second-order valence-electron chi connectivity index (χ2n) is 5.53. The Bertz CT molecular complexity index is 698. The van der Waals surface area contributed by atoms with E-state index in [0.717, 1.165) is 43.0 Å². The summed E-state index contributed by atoms with van der Waals surface area (Å²) in [6.07, 6.45) is 4.19. The van der Waals surface area contributed by atoms with Gasteiger partial charge in [0.15, 0.2) is 0 Å². The molecule has 0 bridgehead atoms. The van der Waals surface area contributed by atoms with Crippen molar-refractivity contribution in [2.45, 2.75) is 36.9 Å². The van der Waals surface area contributed by atoms with Crippen LogP contribution in [-0.4, -0.2) is 33.9 Å². The third kappa shape index (κ3) is 4.58. The van der Waals surface area contributed by atoms with Crippen molar-refractivity contribution < 1.29 is 14.0 Å². The Balaban J connectivity index is 1.44. The highest BCUT2D eigenvalue weighted by Crippen LogP contribution is 2.22. The van der Waals surface area contributed by atoms with Crippen LogP contribution in [0.2, 0.25) is 0 Å². The Hall–Kier alpha value is -2.35. The Morgan fingerprint density at radius 2 is 1.92 bits per heavy atom. The van der Waals surface area contributed by atoms with Crippen LogP contribution in [0.1, 0.15) is 25.7 Å². The minimum absolute atomic E-state index is 0.0362. The van der Waals surface area contributed by atoms with Crippen LogP contribution in [0.3, 0.4) is 0 Å². The van der Waals surface area contributed by atoms with Crippen molar-refractivity contribution in [3.8, 4) is 11.5 Å². The lowest BCUT2D eigenvalue weighted by atomic mass is 10.2. The number of hydrogen-bond acceptors (Lipinski definition) is 6. The van der Waals surface area contributed by atoms with E-state index >= 15 is 0 Å². The van der Waals surface area contributed by atoms with Crippen LogP contribution in [-0.2, 0) is 4.79 Å². The van der Waals surface area contributed by atoms with Gasteiger partial charge in [-0.2, -0.15) is 0 Å². The first-order valence-electron chi connectivity index (χ1n) is 7.83. The molecule has 1 heterocycles. The molecule has 7 nitrogen and oxygen atoms in total. The molecule has 1 aromatic carbocycles. The van der Waals surface area contributed by atoms with Gasteiger partial charge in [0, 0.05) is 11.6 Å². The van der Waals surface area contributed by atoms with Crippen LogP contribution in [0, 0.1) is 0 Å². The average molecular weight is 346 g/mol. The van der Waals surface area contributed by atoms with Gasteiger partial charge < -0.3 is 9.73 Å². The number of nitrogens with one attached hydrogen (secondary N) is 2. The molecule has 3 amide bonds. The van der Waals surface area contributed by atoms with E-state index in [1.165, 1.54) is 0 Å². The molecule has 24 heavy (non-hydrogen) atoms. The number of thioether (sulfide) groups is 1. The summed E-state index contributed by atoms with van der Waals surface area (Å²) in [4.78, 5) is 23.5. The van der Waals surface area contributed by atoms with E-state index < -0.39 is 11.9 Å². The van der Waals surface area contributed by atoms with Crippen molar-refractivity contribution in [3.63, 3.8) is 0 Å². The fourth-order valence-electron chi connectivity index (χ4n) is 2.55. The van der Waals surface area contributed by atoms with Crippen LogP contribution in [0.5, 0.6) is 0 Å². The maximum absolute atomic E-state index is 11.8. The number of urea groups is 1. The number of rotatable bonds is 5. The van der Waals surface area contributed by atoms with Gasteiger partial charge in [0.2, 0.25) is 11.8 Å². The van der Waals surface area contributed by atoms with E-state index in [-0.39, 0.29) is 11.8 Å². The van der Waals surface area contributed by atoms with Gasteiger partial charge in [-0.15, -0.1) is 10.2 Å². The quantitative estimate of drug-likeness (QED) is 0.808. The Morgan fingerprint density at radius 1 is 1.17 bits per heavy atom. The highest BCUT2D eigenvalue weighted by molar-refractivity contribution is 7.99. The second kappa shape index (κ2) is 7.96. The van der Waals surface area contributed by atoms with Gasteiger partial charge in [-0.1, -0.05) is 42.8 Å². The lowest BCUT2D eigenvalue weighted by Gasteiger charge is -2.11. The number of carbonyl (C=O) groups excluding carboxylic acids is 2. The number of aromatic nitrogens is 2. The van der Waals surface area contributed by atoms with Crippen LogP contribution in [0.4, 0.5) is 4.79 Å². The summed E-state index contributed by atoms with van der Waals surface area (Å²) >= 11 is 1.10. The molecule has 0 radical (unpaired) electrons. The van der Waals surface area contributed by atoms with Crippen molar-refractivity contribution in [2.75, 3.05) is 5.75 Å². The van der Waals surface area contributed by atoms with Crippen molar-refractivity contribution in [3.05, 3.63) is 30.3 Å². The van der Waals surface area contributed by atoms with Crippen molar-refractivity contribution in [2.24, 2.45) is 0 Å². The maximum atomic E-state index is 11.8. The van der Waals surface area contributed by atoms with Crippen molar-refractivity contribution >= 4 is 23.7 Å². The topological polar surface area (TPSA) is 97.1 Å². The standard InChI is InChI=1S/C16H18N4O3S/c21-13(18-15(22)17-12-8-4-5-9-12)10-24-16-20-19-14(23-16)11-6-2-1-3-7-11/h1-3,6-7,12H,4-5,8-10H2,(H2,17,18,21,22). The molecule has 1 aromatic heterocycles. The van der Waals surface area contributed by atoms with Crippen LogP contribution < -0.4 is 10.6 Å². The first kappa shape index (κ1) is 16.5. The molecule has 1 fully saturated rings. The predicted molar refractivity (Wildman–Crippen MR) is 89.4 cm³/mol. The summed E-state index contributed by atoms with van der Waals surface area (Å²) in [5.74, 6) is 0.0431. The van der Waals surface area contributed by atoms with E-state index in [4.69, 9.17) is 4.42 Å². The van der Waals surface area contributed by atoms with Crippen LogP contribution in [0.15, 0.2) is 40.0 Å². The lowest BCUT2D eigenvalue weighted by Crippen LogP contribution is -2.44. The summed E-state index contributed by atoms with van der Waals surface area (Å²) in [7, 11) is 0. The molecular formula is C16H18N4O3S. The zero-order chi connectivity index (χ0) is 16.8. The predicted octanol–water partition coefficient (Wildman–Crippen LogP) is 2.60. The van der Waals surface area contributed by atoms with Gasteiger partial charge in [-0.05, 0) is 25.0 Å². The Morgan fingerprint density at radius 3 is 2.67 bits per heavy atom.